The van der Waals surface area contributed by atoms with E-state index in [1.807, 2.05) is 45.0 Å². The van der Waals surface area contributed by atoms with Crippen molar-refractivity contribution in [1.29, 1.82) is 0 Å². The van der Waals surface area contributed by atoms with Gasteiger partial charge in [0.2, 0.25) is 5.91 Å². The molecule has 0 aliphatic carbocycles. The Balaban J connectivity index is 2.06. The molecule has 0 bridgehead atoms. The lowest BCUT2D eigenvalue weighted by Crippen LogP contribution is -2.27. The van der Waals surface area contributed by atoms with Gasteiger partial charge in [-0.1, -0.05) is 6.07 Å². The van der Waals surface area contributed by atoms with Crippen LogP contribution in [0.2, 0.25) is 0 Å². The number of nitrogens with zero attached hydrogens (tertiary/aromatic N) is 1. The van der Waals surface area contributed by atoms with E-state index in [9.17, 15) is 4.79 Å². The Morgan fingerprint density at radius 2 is 1.86 bits per heavy atom. The predicted molar refractivity (Wildman–Crippen MR) is 88.4 cm³/mol. The maximum Gasteiger partial charge on any atom is 0.250 e. The molecule has 0 aliphatic heterocycles. The Morgan fingerprint density at radius 1 is 1.18 bits per heavy atom. The van der Waals surface area contributed by atoms with E-state index in [1.54, 1.807) is 18.5 Å². The SMILES string of the molecule is CC(C)(C)OCC(=O)Nc1ccc(-c2ccncc2)cc1N. The number of nitrogens with one attached hydrogen (secondary N) is 1. The molecule has 0 fully saturated rings. The third kappa shape index (κ3) is 4.56. The van der Waals surface area contributed by atoms with Crippen molar-refractivity contribution in [2.24, 2.45) is 0 Å². The molecule has 116 valence electrons. The number of amides is 1. The standard InChI is InChI=1S/C17H21N3O2/c1-17(2,3)22-11-16(21)20-15-5-4-13(10-14(15)18)12-6-8-19-9-7-12/h4-10H,11,18H2,1-3H3,(H,20,21). The average Bonchev–Trinajstić information content (AvgIpc) is 2.47. The average molecular weight is 299 g/mol. The smallest absolute Gasteiger partial charge is 0.250 e. The zero-order chi connectivity index (χ0) is 16.2. The Kier molecular flexibility index (Phi) is 4.78. The molecule has 1 amide bonds. The lowest BCUT2D eigenvalue weighted by Gasteiger charge is -2.19. The van der Waals surface area contributed by atoms with Crippen LogP contribution in [0.5, 0.6) is 0 Å². The summed E-state index contributed by atoms with van der Waals surface area (Å²) in [4.78, 5) is 15.9. The molecule has 0 aliphatic rings. The fourth-order valence-corrected chi connectivity index (χ4v) is 1.87. The summed E-state index contributed by atoms with van der Waals surface area (Å²) in [6, 6.07) is 9.34. The van der Waals surface area contributed by atoms with E-state index < -0.39 is 0 Å². The van der Waals surface area contributed by atoms with Crippen molar-refractivity contribution in [2.75, 3.05) is 17.7 Å². The van der Waals surface area contributed by atoms with Crippen molar-refractivity contribution in [3.8, 4) is 11.1 Å². The third-order valence-corrected chi connectivity index (χ3v) is 2.98. The van der Waals surface area contributed by atoms with Crippen LogP contribution in [0.25, 0.3) is 11.1 Å². The second-order valence-corrected chi connectivity index (χ2v) is 5.99. The molecule has 2 aromatic rings. The molecule has 1 heterocycles. The molecule has 0 spiro atoms. The Labute approximate surface area is 130 Å². The minimum Gasteiger partial charge on any atom is -0.397 e. The normalized spacial score (nSPS) is 11.2. The van der Waals surface area contributed by atoms with Crippen molar-refractivity contribution >= 4 is 17.3 Å². The minimum atomic E-state index is -0.353. The number of hydrogen-bond donors (Lipinski definition) is 2. The molecule has 1 aromatic heterocycles. The number of rotatable bonds is 4. The summed E-state index contributed by atoms with van der Waals surface area (Å²) in [7, 11) is 0. The summed E-state index contributed by atoms with van der Waals surface area (Å²) < 4.78 is 5.44. The van der Waals surface area contributed by atoms with Gasteiger partial charge in [0.25, 0.3) is 0 Å². The van der Waals surface area contributed by atoms with Gasteiger partial charge in [-0.05, 0) is 56.2 Å². The predicted octanol–water partition coefficient (Wildman–Crippen LogP) is 3.08. The molecule has 0 saturated carbocycles. The van der Waals surface area contributed by atoms with Gasteiger partial charge in [0.1, 0.15) is 6.61 Å². The summed E-state index contributed by atoms with van der Waals surface area (Å²) in [5.74, 6) is -0.224. The van der Waals surface area contributed by atoms with Crippen LogP contribution in [-0.2, 0) is 9.53 Å². The van der Waals surface area contributed by atoms with Crippen molar-refractivity contribution in [2.45, 2.75) is 26.4 Å². The maximum atomic E-state index is 11.9. The van der Waals surface area contributed by atoms with E-state index in [2.05, 4.69) is 10.3 Å². The molecule has 1 aromatic carbocycles. The van der Waals surface area contributed by atoms with Crippen LogP contribution in [0.3, 0.4) is 0 Å². The number of aromatic nitrogens is 1. The highest BCUT2D eigenvalue weighted by Gasteiger charge is 2.13. The first-order valence-electron chi connectivity index (χ1n) is 7.09. The highest BCUT2D eigenvalue weighted by Crippen LogP contribution is 2.26. The fourth-order valence-electron chi connectivity index (χ4n) is 1.87. The molecule has 3 N–H and O–H groups in total. The Hall–Kier alpha value is -2.40. The van der Waals surface area contributed by atoms with Crippen LogP contribution in [0.4, 0.5) is 11.4 Å². The van der Waals surface area contributed by atoms with Gasteiger partial charge >= 0.3 is 0 Å². The zero-order valence-corrected chi connectivity index (χ0v) is 13.1. The highest BCUT2D eigenvalue weighted by atomic mass is 16.5. The van der Waals surface area contributed by atoms with Crippen molar-refractivity contribution < 1.29 is 9.53 Å². The summed E-state index contributed by atoms with van der Waals surface area (Å²) in [6.45, 7) is 5.70. The minimum absolute atomic E-state index is 0.00491. The van der Waals surface area contributed by atoms with E-state index >= 15 is 0 Å². The summed E-state index contributed by atoms with van der Waals surface area (Å²) in [6.07, 6.45) is 3.45. The summed E-state index contributed by atoms with van der Waals surface area (Å²) >= 11 is 0. The van der Waals surface area contributed by atoms with Crippen LogP contribution in [-0.4, -0.2) is 23.1 Å². The lowest BCUT2D eigenvalue weighted by atomic mass is 10.1. The molecule has 5 heteroatoms. The largest absolute Gasteiger partial charge is 0.397 e. The van der Waals surface area contributed by atoms with Crippen LogP contribution >= 0.6 is 0 Å². The first-order chi connectivity index (χ1) is 10.3. The molecule has 0 saturated heterocycles. The molecule has 2 rings (SSSR count). The first kappa shape index (κ1) is 16.0. The molecular weight excluding hydrogens is 278 g/mol. The number of nitrogen functional groups attached to an aromatic ring is 1. The van der Waals surface area contributed by atoms with Gasteiger partial charge < -0.3 is 15.8 Å². The quantitative estimate of drug-likeness (QED) is 0.850. The van der Waals surface area contributed by atoms with Crippen LogP contribution < -0.4 is 11.1 Å². The number of benzene rings is 1. The summed E-state index contributed by atoms with van der Waals surface area (Å²) in [5, 5.41) is 2.76. The molecule has 0 atom stereocenters. The van der Waals surface area contributed by atoms with E-state index in [1.165, 1.54) is 0 Å². The van der Waals surface area contributed by atoms with Gasteiger partial charge in [-0.15, -0.1) is 0 Å². The van der Waals surface area contributed by atoms with Gasteiger partial charge in [-0.2, -0.15) is 0 Å². The Bertz CT molecular complexity index is 649. The van der Waals surface area contributed by atoms with Crippen molar-refractivity contribution in [3.05, 3.63) is 42.7 Å². The van der Waals surface area contributed by atoms with Crippen LogP contribution in [0, 0.1) is 0 Å². The molecule has 0 unspecified atom stereocenters. The number of carbonyl (C=O) groups is 1. The second kappa shape index (κ2) is 6.58. The lowest BCUT2D eigenvalue weighted by molar-refractivity contribution is -0.125. The molecule has 22 heavy (non-hydrogen) atoms. The fraction of sp³-hybridized carbons (Fsp3) is 0.294. The highest BCUT2D eigenvalue weighted by molar-refractivity contribution is 5.95. The van der Waals surface area contributed by atoms with Crippen molar-refractivity contribution in [1.82, 2.24) is 4.98 Å². The van der Waals surface area contributed by atoms with Gasteiger partial charge in [-0.3, -0.25) is 9.78 Å². The van der Waals surface area contributed by atoms with E-state index in [4.69, 9.17) is 10.5 Å². The monoisotopic (exact) mass is 299 g/mol. The van der Waals surface area contributed by atoms with E-state index in [-0.39, 0.29) is 18.1 Å². The number of anilines is 2. The third-order valence-electron chi connectivity index (χ3n) is 2.98. The van der Waals surface area contributed by atoms with Crippen molar-refractivity contribution in [3.63, 3.8) is 0 Å². The van der Waals surface area contributed by atoms with Gasteiger partial charge in [0.15, 0.2) is 0 Å². The van der Waals surface area contributed by atoms with E-state index in [0.29, 0.717) is 11.4 Å². The van der Waals surface area contributed by atoms with Crippen LogP contribution in [0.1, 0.15) is 20.8 Å². The molecule has 0 radical (unpaired) electrons. The Morgan fingerprint density at radius 3 is 2.45 bits per heavy atom. The first-order valence-corrected chi connectivity index (χ1v) is 7.09. The second-order valence-electron chi connectivity index (χ2n) is 5.99. The number of hydrogen-bond acceptors (Lipinski definition) is 4. The summed E-state index contributed by atoms with van der Waals surface area (Å²) in [5.41, 5.74) is 8.76. The van der Waals surface area contributed by atoms with Gasteiger partial charge in [0.05, 0.1) is 17.0 Å². The maximum absolute atomic E-state index is 11.9. The molecular formula is C17H21N3O2. The number of nitrogens with two attached hydrogens (primary N) is 1. The topological polar surface area (TPSA) is 77.2 Å². The number of pyridine rings is 1. The molecule has 5 nitrogen and oxygen atoms in total. The van der Waals surface area contributed by atoms with Gasteiger partial charge in [-0.25, -0.2) is 0 Å². The van der Waals surface area contributed by atoms with Crippen LogP contribution in [0.15, 0.2) is 42.7 Å². The number of carbonyl (C=O) groups excluding carboxylic acids is 1. The van der Waals surface area contributed by atoms with Gasteiger partial charge in [0, 0.05) is 12.4 Å². The van der Waals surface area contributed by atoms with E-state index in [0.717, 1.165) is 11.1 Å². The number of ether oxygens (including phenoxy) is 1. The zero-order valence-electron chi connectivity index (χ0n) is 13.1.